The highest BCUT2D eigenvalue weighted by atomic mass is 16.2. The molecule has 0 spiro atoms. The second-order valence-electron chi connectivity index (χ2n) is 5.99. The van der Waals surface area contributed by atoms with Crippen LogP contribution in [0.2, 0.25) is 0 Å². The van der Waals surface area contributed by atoms with Crippen LogP contribution in [-0.4, -0.2) is 11.9 Å². The van der Waals surface area contributed by atoms with Gasteiger partial charge in [0.1, 0.15) is 6.04 Å². The van der Waals surface area contributed by atoms with E-state index in [0.717, 1.165) is 24.2 Å². The highest BCUT2D eigenvalue weighted by molar-refractivity contribution is 6.03. The lowest BCUT2D eigenvalue weighted by molar-refractivity contribution is -0.363. The summed E-state index contributed by atoms with van der Waals surface area (Å²) in [5, 5.41) is 0. The Labute approximate surface area is 137 Å². The Kier molecular flexibility index (Phi) is 5.20. The molecule has 23 heavy (non-hydrogen) atoms. The van der Waals surface area contributed by atoms with Gasteiger partial charge in [-0.1, -0.05) is 42.8 Å². The quantitative estimate of drug-likeness (QED) is 0.789. The lowest BCUT2D eigenvalue weighted by atomic mass is 9.94. The van der Waals surface area contributed by atoms with Crippen LogP contribution in [0.1, 0.15) is 37.7 Å². The zero-order valence-electron chi connectivity index (χ0n) is 13.3. The van der Waals surface area contributed by atoms with Crippen LogP contribution >= 0.6 is 0 Å². The van der Waals surface area contributed by atoms with Gasteiger partial charge >= 0.3 is 5.91 Å². The van der Waals surface area contributed by atoms with Gasteiger partial charge < -0.3 is 0 Å². The summed E-state index contributed by atoms with van der Waals surface area (Å²) in [7, 11) is 0. The van der Waals surface area contributed by atoms with Crippen LogP contribution in [-0.2, 0) is 4.79 Å². The van der Waals surface area contributed by atoms with Crippen LogP contribution in [0.25, 0.3) is 6.08 Å². The van der Waals surface area contributed by atoms with Crippen LogP contribution in [0.5, 0.6) is 0 Å². The molecule has 0 unspecified atom stereocenters. The first-order valence-electron chi connectivity index (χ1n) is 8.37. The number of aromatic amines is 1. The molecule has 1 saturated carbocycles. The topological polar surface area (TPSA) is 34.5 Å². The summed E-state index contributed by atoms with van der Waals surface area (Å²) in [5.41, 5.74) is 1.04. The predicted molar refractivity (Wildman–Crippen MR) is 92.8 cm³/mol. The van der Waals surface area contributed by atoms with Crippen LogP contribution in [0.4, 0.5) is 5.82 Å². The number of amides is 1. The maximum atomic E-state index is 12.8. The van der Waals surface area contributed by atoms with E-state index in [9.17, 15) is 4.79 Å². The molecule has 118 valence electrons. The van der Waals surface area contributed by atoms with Gasteiger partial charge in [-0.2, -0.15) is 4.90 Å². The van der Waals surface area contributed by atoms with Gasteiger partial charge in [0, 0.05) is 12.1 Å². The van der Waals surface area contributed by atoms with E-state index < -0.39 is 0 Å². The maximum absolute atomic E-state index is 12.8. The standard InChI is InChI=1S/C20H22N2O/c23-20(15-14-17-9-3-1-4-10-17)22(18-11-5-2-6-12-18)19-13-7-8-16-21-19/h1,3-4,7-10,13-16,18H,2,5-6,11-12H2/p+1. The second kappa shape index (κ2) is 7.73. The van der Waals surface area contributed by atoms with Crippen molar-refractivity contribution in [1.29, 1.82) is 0 Å². The average molecular weight is 307 g/mol. The zero-order valence-corrected chi connectivity index (χ0v) is 13.3. The summed E-state index contributed by atoms with van der Waals surface area (Å²) in [6.07, 6.45) is 11.3. The SMILES string of the molecule is O=C(C=Cc1ccccc1)N(c1cccc[nH+]1)C1CCCCC1. The smallest absolute Gasteiger partial charge is 0.247 e. The van der Waals surface area contributed by atoms with Gasteiger partial charge in [-0.15, -0.1) is 0 Å². The van der Waals surface area contributed by atoms with Crippen molar-refractivity contribution >= 4 is 17.8 Å². The van der Waals surface area contributed by atoms with E-state index in [1.165, 1.54) is 19.3 Å². The highest BCUT2D eigenvalue weighted by Crippen LogP contribution is 2.25. The van der Waals surface area contributed by atoms with E-state index in [4.69, 9.17) is 0 Å². The molecule has 1 heterocycles. The molecule has 3 rings (SSSR count). The first-order chi connectivity index (χ1) is 11.3. The summed E-state index contributed by atoms with van der Waals surface area (Å²) in [4.78, 5) is 18.0. The number of aromatic nitrogens is 1. The van der Waals surface area contributed by atoms with Gasteiger partial charge in [-0.3, -0.25) is 0 Å². The fourth-order valence-corrected chi connectivity index (χ4v) is 3.18. The average Bonchev–Trinajstić information content (AvgIpc) is 2.63. The van der Waals surface area contributed by atoms with Gasteiger partial charge in [-0.05, 0) is 43.4 Å². The first kappa shape index (κ1) is 15.5. The van der Waals surface area contributed by atoms with Crippen molar-refractivity contribution in [2.45, 2.75) is 38.1 Å². The predicted octanol–water partition coefficient (Wildman–Crippen LogP) is 3.88. The number of hydrogen-bond acceptors (Lipinski definition) is 1. The molecular weight excluding hydrogens is 284 g/mol. The number of benzene rings is 1. The number of pyridine rings is 1. The van der Waals surface area contributed by atoms with E-state index in [2.05, 4.69) is 4.98 Å². The van der Waals surface area contributed by atoms with E-state index in [1.807, 2.05) is 65.7 Å². The Bertz CT molecular complexity index is 646. The van der Waals surface area contributed by atoms with Gasteiger partial charge in [0.15, 0.2) is 0 Å². The number of nitrogens with one attached hydrogen (secondary N) is 1. The van der Waals surface area contributed by atoms with Crippen molar-refractivity contribution in [3.63, 3.8) is 0 Å². The molecule has 1 aromatic carbocycles. The van der Waals surface area contributed by atoms with Crippen LogP contribution in [0.3, 0.4) is 0 Å². The Balaban J connectivity index is 1.82. The molecule has 0 atom stereocenters. The Morgan fingerprint density at radius 2 is 1.74 bits per heavy atom. The van der Waals surface area contributed by atoms with Crippen LogP contribution in [0.15, 0.2) is 60.8 Å². The Hall–Kier alpha value is -2.42. The molecular formula is C20H23N2O+. The third-order valence-electron chi connectivity index (χ3n) is 4.35. The Morgan fingerprint density at radius 3 is 2.43 bits per heavy atom. The molecule has 0 aliphatic heterocycles. The molecule has 1 aliphatic rings. The minimum Gasteiger partial charge on any atom is -0.247 e. The summed E-state index contributed by atoms with van der Waals surface area (Å²) < 4.78 is 0. The van der Waals surface area contributed by atoms with Crippen LogP contribution in [0, 0.1) is 0 Å². The number of nitrogens with zero attached hydrogens (tertiary/aromatic N) is 1. The molecule has 1 aromatic heterocycles. The molecule has 1 aliphatic carbocycles. The van der Waals surface area contributed by atoms with E-state index in [0.29, 0.717) is 0 Å². The number of anilines is 1. The largest absolute Gasteiger partial charge is 0.334 e. The molecule has 2 aromatic rings. The minimum absolute atomic E-state index is 0.0446. The van der Waals surface area contributed by atoms with Crippen molar-refractivity contribution in [3.8, 4) is 0 Å². The monoisotopic (exact) mass is 307 g/mol. The molecule has 1 fully saturated rings. The van der Waals surface area contributed by atoms with Gasteiger partial charge in [-0.25, -0.2) is 9.78 Å². The molecule has 1 amide bonds. The van der Waals surface area contributed by atoms with Gasteiger partial charge in [0.25, 0.3) is 5.82 Å². The van der Waals surface area contributed by atoms with Gasteiger partial charge in [0.2, 0.25) is 0 Å². The molecule has 0 saturated heterocycles. The lowest BCUT2D eigenvalue weighted by Crippen LogP contribution is -2.43. The summed E-state index contributed by atoms with van der Waals surface area (Å²) in [6, 6.07) is 16.1. The molecule has 1 N–H and O–H groups in total. The number of carbonyl (C=O) groups is 1. The lowest BCUT2D eigenvalue weighted by Gasteiger charge is -2.26. The number of H-pyrrole nitrogens is 1. The number of rotatable bonds is 4. The van der Waals surface area contributed by atoms with Crippen molar-refractivity contribution in [2.75, 3.05) is 4.90 Å². The summed E-state index contributed by atoms with van der Waals surface area (Å²) in [6.45, 7) is 0. The minimum atomic E-state index is 0.0446. The van der Waals surface area contributed by atoms with Crippen LogP contribution < -0.4 is 9.88 Å². The fourth-order valence-electron chi connectivity index (χ4n) is 3.18. The van der Waals surface area contributed by atoms with Crippen molar-refractivity contribution < 1.29 is 9.78 Å². The van der Waals surface area contributed by atoms with Gasteiger partial charge in [0.05, 0.1) is 6.20 Å². The normalized spacial score (nSPS) is 15.7. The van der Waals surface area contributed by atoms with Crippen molar-refractivity contribution in [2.24, 2.45) is 0 Å². The molecule has 0 radical (unpaired) electrons. The maximum Gasteiger partial charge on any atom is 0.334 e. The second-order valence-corrected chi connectivity index (χ2v) is 5.99. The fraction of sp³-hybridized carbons (Fsp3) is 0.300. The molecule has 3 nitrogen and oxygen atoms in total. The summed E-state index contributed by atoms with van der Waals surface area (Å²) in [5.74, 6) is 0.922. The van der Waals surface area contributed by atoms with E-state index in [1.54, 1.807) is 6.08 Å². The van der Waals surface area contributed by atoms with E-state index >= 15 is 0 Å². The molecule has 0 bridgehead atoms. The summed E-state index contributed by atoms with van der Waals surface area (Å²) >= 11 is 0. The Morgan fingerprint density at radius 1 is 1.00 bits per heavy atom. The molecule has 3 heteroatoms. The van der Waals surface area contributed by atoms with Crippen molar-refractivity contribution in [1.82, 2.24) is 0 Å². The highest BCUT2D eigenvalue weighted by Gasteiger charge is 2.32. The number of carbonyl (C=O) groups excluding carboxylic acids is 1. The number of hydrogen-bond donors (Lipinski definition) is 0. The first-order valence-corrected chi connectivity index (χ1v) is 8.37. The zero-order chi connectivity index (χ0) is 15.9. The third-order valence-corrected chi connectivity index (χ3v) is 4.35. The van der Waals surface area contributed by atoms with Crippen molar-refractivity contribution in [3.05, 3.63) is 66.4 Å². The third kappa shape index (κ3) is 4.07. The van der Waals surface area contributed by atoms with E-state index in [-0.39, 0.29) is 11.9 Å².